The second-order valence-electron chi connectivity index (χ2n) is 5.41. The Morgan fingerprint density at radius 1 is 1.21 bits per heavy atom. The molecule has 19 heavy (non-hydrogen) atoms. The maximum Gasteiger partial charge on any atom is 0.0722 e. The maximum atomic E-state index is 5.37. The normalized spacial score (nSPS) is 13.3. The predicted molar refractivity (Wildman–Crippen MR) is 80.4 cm³/mol. The summed E-state index contributed by atoms with van der Waals surface area (Å²) in [4.78, 5) is 0. The molecule has 0 saturated heterocycles. The van der Waals surface area contributed by atoms with E-state index >= 15 is 0 Å². The maximum absolute atomic E-state index is 5.37. The molecule has 1 aromatic heterocycles. The summed E-state index contributed by atoms with van der Waals surface area (Å²) in [6, 6.07) is 9.07. The van der Waals surface area contributed by atoms with Crippen molar-refractivity contribution in [3.05, 3.63) is 36.0 Å². The molecule has 2 rings (SSSR count). The van der Waals surface area contributed by atoms with E-state index < -0.39 is 0 Å². The van der Waals surface area contributed by atoms with Crippen LogP contribution in [0.15, 0.2) is 30.5 Å². The molecule has 1 N–H and O–H groups in total. The molecule has 1 unspecified atom stereocenters. The van der Waals surface area contributed by atoms with Crippen LogP contribution in [0.1, 0.15) is 26.3 Å². The van der Waals surface area contributed by atoms with Gasteiger partial charge in [-0.15, -0.1) is 0 Å². The number of ether oxygens (including phenoxy) is 1. The zero-order valence-corrected chi connectivity index (χ0v) is 12.3. The fraction of sp³-hybridized carbons (Fsp3) is 0.500. The third-order valence-electron chi connectivity index (χ3n) is 3.43. The third-order valence-corrected chi connectivity index (χ3v) is 3.43. The van der Waals surface area contributed by atoms with Crippen LogP contribution in [-0.2, 0) is 17.8 Å². The van der Waals surface area contributed by atoms with Crippen LogP contribution in [0.5, 0.6) is 0 Å². The van der Waals surface area contributed by atoms with Crippen molar-refractivity contribution in [1.29, 1.82) is 0 Å². The second-order valence-corrected chi connectivity index (χ2v) is 5.41. The lowest BCUT2D eigenvalue weighted by atomic mass is 10.1. The van der Waals surface area contributed by atoms with Gasteiger partial charge in [-0.1, -0.05) is 32.0 Å². The molecule has 0 bridgehead atoms. The van der Waals surface area contributed by atoms with Crippen LogP contribution in [0.25, 0.3) is 10.9 Å². The van der Waals surface area contributed by atoms with Crippen molar-refractivity contribution in [3.63, 3.8) is 0 Å². The van der Waals surface area contributed by atoms with Gasteiger partial charge < -0.3 is 14.6 Å². The molecule has 1 atom stereocenters. The number of benzene rings is 1. The first-order valence-corrected chi connectivity index (χ1v) is 6.94. The summed E-state index contributed by atoms with van der Waals surface area (Å²) in [6.07, 6.45) is 2.47. The van der Waals surface area contributed by atoms with E-state index in [1.165, 1.54) is 16.5 Å². The summed E-state index contributed by atoms with van der Waals surface area (Å²) in [5, 5.41) is 4.82. The zero-order chi connectivity index (χ0) is 13.8. The van der Waals surface area contributed by atoms with Crippen LogP contribution in [0.2, 0.25) is 0 Å². The number of para-hydroxylation sites is 1. The fourth-order valence-corrected chi connectivity index (χ4v) is 2.28. The summed E-state index contributed by atoms with van der Waals surface area (Å²) in [7, 11) is 1.76. The van der Waals surface area contributed by atoms with Gasteiger partial charge in [-0.05, 0) is 18.6 Å². The molecule has 0 amide bonds. The van der Waals surface area contributed by atoms with Gasteiger partial charge in [0.1, 0.15) is 0 Å². The molecule has 2 aromatic rings. The Morgan fingerprint density at radius 3 is 2.63 bits per heavy atom. The highest BCUT2D eigenvalue weighted by Crippen LogP contribution is 2.22. The van der Waals surface area contributed by atoms with Gasteiger partial charge in [0.25, 0.3) is 0 Å². The monoisotopic (exact) mass is 260 g/mol. The van der Waals surface area contributed by atoms with Crippen LogP contribution < -0.4 is 5.32 Å². The lowest BCUT2D eigenvalue weighted by Gasteiger charge is -2.11. The number of fused-ring (bicyclic) bond motifs is 1. The quantitative estimate of drug-likeness (QED) is 0.863. The van der Waals surface area contributed by atoms with E-state index in [9.17, 15) is 0 Å². The highest BCUT2D eigenvalue weighted by atomic mass is 16.5. The predicted octanol–water partition coefficient (Wildman–Crippen LogP) is 3.17. The molecule has 1 aromatic carbocycles. The smallest absolute Gasteiger partial charge is 0.0722 e. The molecule has 0 aliphatic heterocycles. The van der Waals surface area contributed by atoms with E-state index in [4.69, 9.17) is 4.74 Å². The van der Waals surface area contributed by atoms with E-state index in [-0.39, 0.29) is 6.10 Å². The number of hydrogen-bond donors (Lipinski definition) is 1. The van der Waals surface area contributed by atoms with Gasteiger partial charge in [0.05, 0.1) is 6.10 Å². The molecule has 0 radical (unpaired) electrons. The second kappa shape index (κ2) is 6.22. The molecule has 0 fully saturated rings. The number of aromatic nitrogens is 1. The van der Waals surface area contributed by atoms with E-state index in [1.807, 2.05) is 0 Å². The van der Waals surface area contributed by atoms with Gasteiger partial charge in [-0.25, -0.2) is 0 Å². The molecular formula is C16H24N2O. The summed E-state index contributed by atoms with van der Waals surface area (Å²) in [6.45, 7) is 8.24. The number of methoxy groups -OCH3 is 1. The summed E-state index contributed by atoms with van der Waals surface area (Å²) in [5.74, 6) is 0. The lowest BCUT2D eigenvalue weighted by molar-refractivity contribution is 0.104. The average Bonchev–Trinajstić information content (AvgIpc) is 2.75. The van der Waals surface area contributed by atoms with E-state index in [0.717, 1.165) is 13.1 Å². The Hall–Kier alpha value is -1.32. The molecule has 0 aliphatic rings. The number of hydrogen-bond acceptors (Lipinski definition) is 2. The molecule has 3 heteroatoms. The Balaban J connectivity index is 2.31. The Morgan fingerprint density at radius 2 is 1.95 bits per heavy atom. The molecule has 1 heterocycles. The van der Waals surface area contributed by atoms with E-state index in [1.54, 1.807) is 7.11 Å². The van der Waals surface area contributed by atoms with Gasteiger partial charge in [0.2, 0.25) is 0 Å². The molecule has 0 aliphatic carbocycles. The minimum Gasteiger partial charge on any atom is -0.380 e. The van der Waals surface area contributed by atoms with Gasteiger partial charge >= 0.3 is 0 Å². The SMILES string of the molecule is COC(C)Cn1cc(CNC(C)C)c2ccccc21. The average molecular weight is 260 g/mol. The number of rotatable bonds is 6. The first-order chi connectivity index (χ1) is 9.11. The third kappa shape index (κ3) is 3.37. The highest BCUT2D eigenvalue weighted by molar-refractivity contribution is 5.83. The number of nitrogens with one attached hydrogen (secondary N) is 1. The molecular weight excluding hydrogens is 236 g/mol. The fourth-order valence-electron chi connectivity index (χ4n) is 2.28. The van der Waals surface area contributed by atoms with Crippen molar-refractivity contribution in [2.45, 2.75) is 46.0 Å². The first kappa shape index (κ1) is 14.1. The van der Waals surface area contributed by atoms with Crippen molar-refractivity contribution in [3.8, 4) is 0 Å². The van der Waals surface area contributed by atoms with Gasteiger partial charge in [-0.3, -0.25) is 0 Å². The van der Waals surface area contributed by atoms with E-state index in [0.29, 0.717) is 6.04 Å². The van der Waals surface area contributed by atoms with E-state index in [2.05, 4.69) is 61.1 Å². The summed E-state index contributed by atoms with van der Waals surface area (Å²) in [5.41, 5.74) is 2.64. The van der Waals surface area contributed by atoms with Crippen molar-refractivity contribution < 1.29 is 4.74 Å². The topological polar surface area (TPSA) is 26.2 Å². The highest BCUT2D eigenvalue weighted by Gasteiger charge is 2.10. The summed E-state index contributed by atoms with van der Waals surface area (Å²) >= 11 is 0. The molecule has 3 nitrogen and oxygen atoms in total. The van der Waals surface area contributed by atoms with Crippen LogP contribution >= 0.6 is 0 Å². The molecule has 104 valence electrons. The minimum atomic E-state index is 0.224. The Bertz CT molecular complexity index is 531. The van der Waals surface area contributed by atoms with Crippen molar-refractivity contribution in [1.82, 2.24) is 9.88 Å². The van der Waals surface area contributed by atoms with Gasteiger partial charge in [0, 0.05) is 43.3 Å². The van der Waals surface area contributed by atoms with Crippen molar-refractivity contribution in [2.24, 2.45) is 0 Å². The van der Waals surface area contributed by atoms with Gasteiger partial charge in [-0.2, -0.15) is 0 Å². The number of nitrogens with zero attached hydrogens (tertiary/aromatic N) is 1. The van der Waals surface area contributed by atoms with Crippen LogP contribution in [0.3, 0.4) is 0 Å². The van der Waals surface area contributed by atoms with Crippen LogP contribution in [0.4, 0.5) is 0 Å². The largest absolute Gasteiger partial charge is 0.380 e. The van der Waals surface area contributed by atoms with Gasteiger partial charge in [0.15, 0.2) is 0 Å². The Labute approximate surface area is 115 Å². The lowest BCUT2D eigenvalue weighted by Crippen LogP contribution is -2.21. The summed E-state index contributed by atoms with van der Waals surface area (Å²) < 4.78 is 7.67. The minimum absolute atomic E-state index is 0.224. The standard InChI is InChI=1S/C16H24N2O/c1-12(2)17-9-14-11-18(10-13(3)19-4)16-8-6-5-7-15(14)16/h5-8,11-13,17H,9-10H2,1-4H3. The van der Waals surface area contributed by atoms with Crippen LogP contribution in [0, 0.1) is 0 Å². The zero-order valence-electron chi connectivity index (χ0n) is 12.3. The van der Waals surface area contributed by atoms with Crippen LogP contribution in [-0.4, -0.2) is 23.8 Å². The first-order valence-electron chi connectivity index (χ1n) is 6.94. The molecule has 0 spiro atoms. The molecule has 0 saturated carbocycles. The van der Waals surface area contributed by atoms with Crippen molar-refractivity contribution >= 4 is 10.9 Å². The Kier molecular flexibility index (Phi) is 4.61. The van der Waals surface area contributed by atoms with Crippen molar-refractivity contribution in [2.75, 3.05) is 7.11 Å².